The van der Waals surface area contributed by atoms with Crippen molar-refractivity contribution in [1.29, 1.82) is 5.26 Å². The number of likely N-dealkylation sites (tertiary alicyclic amines) is 1. The predicted molar refractivity (Wildman–Crippen MR) is 164 cm³/mol. The number of nitrogens with zero attached hydrogens (tertiary/aromatic N) is 7. The van der Waals surface area contributed by atoms with Crippen LogP contribution >= 0.6 is 11.3 Å². The van der Waals surface area contributed by atoms with Gasteiger partial charge < -0.3 is 15.5 Å². The zero-order valence-corrected chi connectivity index (χ0v) is 25.2. The van der Waals surface area contributed by atoms with E-state index in [2.05, 4.69) is 57.8 Å². The summed E-state index contributed by atoms with van der Waals surface area (Å²) in [5.74, 6) is 0.752. The van der Waals surface area contributed by atoms with Gasteiger partial charge in [-0.2, -0.15) is 10.4 Å². The van der Waals surface area contributed by atoms with Crippen LogP contribution in [0.4, 0.5) is 5.69 Å². The lowest BCUT2D eigenvalue weighted by Gasteiger charge is -2.32. The van der Waals surface area contributed by atoms with Crippen molar-refractivity contribution in [2.45, 2.75) is 70.4 Å². The van der Waals surface area contributed by atoms with Crippen molar-refractivity contribution in [3.8, 4) is 28.0 Å². The van der Waals surface area contributed by atoms with Crippen LogP contribution in [0.5, 0.6) is 0 Å². The van der Waals surface area contributed by atoms with Gasteiger partial charge in [-0.1, -0.05) is 11.3 Å². The second kappa shape index (κ2) is 12.2. The molecule has 1 saturated carbocycles. The molecule has 4 aromatic heterocycles. The fraction of sp³-hybridized carbons (Fsp3) is 0.484. The van der Waals surface area contributed by atoms with Gasteiger partial charge in [0.05, 0.1) is 34.2 Å². The summed E-state index contributed by atoms with van der Waals surface area (Å²) < 4.78 is 1.80. The highest BCUT2D eigenvalue weighted by atomic mass is 32.1. The van der Waals surface area contributed by atoms with Gasteiger partial charge in [-0.15, -0.1) is 10.2 Å². The van der Waals surface area contributed by atoms with Crippen LogP contribution in [0.1, 0.15) is 68.9 Å². The standard InChI is InChI=1S/C31H37N9OS/c1-19(2)35-26-15-27(28-9-8-24-14-20(16-32)17-34-40(24)28)33-18-25(26)31-38-37-30(42-31)22-4-6-23(7-5-22)36-29(41)21-10-12-39(3)13-11-21/h8-9,14-15,17-19,21-23H,4-7,10-13H2,1-3H3,(H,33,35)(H,36,41). The highest BCUT2D eigenvalue weighted by molar-refractivity contribution is 7.14. The first-order valence-electron chi connectivity index (χ1n) is 14.9. The van der Waals surface area contributed by atoms with Crippen molar-refractivity contribution in [2.24, 2.45) is 5.92 Å². The zero-order chi connectivity index (χ0) is 29.2. The van der Waals surface area contributed by atoms with Crippen molar-refractivity contribution in [3.05, 3.63) is 47.2 Å². The van der Waals surface area contributed by atoms with Crippen LogP contribution in [0.25, 0.3) is 27.5 Å². The maximum absolute atomic E-state index is 12.8. The Morgan fingerprint density at radius 1 is 1.07 bits per heavy atom. The molecule has 0 aromatic carbocycles. The number of carbonyl (C=O) groups is 1. The Bertz CT molecular complexity index is 1600. The molecule has 5 heterocycles. The van der Waals surface area contributed by atoms with Gasteiger partial charge in [-0.3, -0.25) is 9.78 Å². The first kappa shape index (κ1) is 28.2. The van der Waals surface area contributed by atoms with Crippen LogP contribution in [0, 0.1) is 17.2 Å². The van der Waals surface area contributed by atoms with E-state index in [1.54, 1.807) is 22.0 Å². The highest BCUT2D eigenvalue weighted by Gasteiger charge is 2.29. The van der Waals surface area contributed by atoms with Gasteiger partial charge in [0.15, 0.2) is 5.01 Å². The minimum Gasteiger partial charge on any atom is -0.382 e. The SMILES string of the molecule is CC(C)Nc1cc(-c2ccc3cc(C#N)cnn23)ncc1-c1nnc(C2CCC(NC(=O)C3CCN(C)CC3)CC2)s1. The Hall–Kier alpha value is -3.88. The topological polar surface area (TPSA) is 124 Å². The number of pyridine rings is 1. The molecule has 1 aliphatic carbocycles. The number of nitrogens with one attached hydrogen (secondary N) is 2. The third kappa shape index (κ3) is 6.01. The number of anilines is 1. The molecule has 0 spiro atoms. The van der Waals surface area contributed by atoms with E-state index in [-0.39, 0.29) is 23.9 Å². The average molecular weight is 584 g/mol. The monoisotopic (exact) mass is 583 g/mol. The van der Waals surface area contributed by atoms with E-state index >= 15 is 0 Å². The average Bonchev–Trinajstić information content (AvgIpc) is 3.65. The van der Waals surface area contributed by atoms with Gasteiger partial charge in [-0.25, -0.2) is 4.52 Å². The smallest absolute Gasteiger partial charge is 0.223 e. The molecule has 42 heavy (non-hydrogen) atoms. The molecule has 1 amide bonds. The first-order valence-corrected chi connectivity index (χ1v) is 15.7. The maximum Gasteiger partial charge on any atom is 0.223 e. The van der Waals surface area contributed by atoms with Crippen molar-refractivity contribution >= 4 is 28.4 Å². The summed E-state index contributed by atoms with van der Waals surface area (Å²) >= 11 is 1.64. The molecule has 2 fully saturated rings. The Morgan fingerprint density at radius 2 is 1.86 bits per heavy atom. The number of aromatic nitrogens is 5. The molecule has 4 aromatic rings. The largest absolute Gasteiger partial charge is 0.382 e. The van der Waals surface area contributed by atoms with Crippen molar-refractivity contribution < 1.29 is 4.79 Å². The number of hydrogen-bond donors (Lipinski definition) is 2. The Morgan fingerprint density at radius 3 is 2.60 bits per heavy atom. The Balaban J connectivity index is 1.15. The van der Waals surface area contributed by atoms with E-state index in [1.165, 1.54) is 0 Å². The molecule has 6 rings (SSSR count). The third-order valence-corrected chi connectivity index (χ3v) is 9.54. The lowest BCUT2D eigenvalue weighted by atomic mass is 9.86. The number of carbonyl (C=O) groups excluding carboxylic acids is 1. The van der Waals surface area contributed by atoms with Gasteiger partial charge in [0.1, 0.15) is 11.1 Å². The van der Waals surface area contributed by atoms with E-state index in [0.29, 0.717) is 11.5 Å². The summed E-state index contributed by atoms with van der Waals surface area (Å²) in [6.07, 6.45) is 9.30. The summed E-state index contributed by atoms with van der Waals surface area (Å²) in [7, 11) is 2.12. The third-order valence-electron chi connectivity index (χ3n) is 8.42. The van der Waals surface area contributed by atoms with Crippen molar-refractivity contribution in [1.82, 2.24) is 35.0 Å². The summed E-state index contributed by atoms with van der Waals surface area (Å²) in [6.45, 7) is 6.22. The number of piperidine rings is 1. The molecule has 0 atom stereocenters. The van der Waals surface area contributed by atoms with Crippen LogP contribution in [-0.2, 0) is 4.79 Å². The van der Waals surface area contributed by atoms with Gasteiger partial charge in [0.25, 0.3) is 0 Å². The molecule has 2 aliphatic rings. The second-order valence-corrected chi connectivity index (χ2v) is 12.9. The molecule has 1 aliphatic heterocycles. The molecule has 0 bridgehead atoms. The molecular weight excluding hydrogens is 546 g/mol. The Kier molecular flexibility index (Phi) is 8.18. The minimum absolute atomic E-state index is 0.155. The number of amides is 1. The minimum atomic E-state index is 0.155. The van der Waals surface area contributed by atoms with E-state index in [9.17, 15) is 10.1 Å². The van der Waals surface area contributed by atoms with Gasteiger partial charge >= 0.3 is 0 Å². The molecule has 218 valence electrons. The molecular formula is C31H37N9OS. The maximum atomic E-state index is 12.8. The van der Waals surface area contributed by atoms with Crippen LogP contribution in [-0.4, -0.2) is 67.8 Å². The van der Waals surface area contributed by atoms with E-state index in [4.69, 9.17) is 4.98 Å². The summed E-state index contributed by atoms with van der Waals surface area (Å²) in [5, 5.41) is 31.7. The van der Waals surface area contributed by atoms with Gasteiger partial charge in [-0.05, 0) is 96.8 Å². The fourth-order valence-electron chi connectivity index (χ4n) is 6.03. The summed E-state index contributed by atoms with van der Waals surface area (Å²) in [5.41, 5.74) is 4.88. The summed E-state index contributed by atoms with van der Waals surface area (Å²) in [4.78, 5) is 19.9. The van der Waals surface area contributed by atoms with Crippen LogP contribution in [0.3, 0.4) is 0 Å². The number of fused-ring (bicyclic) bond motifs is 1. The van der Waals surface area contributed by atoms with Gasteiger partial charge in [0, 0.05) is 35.8 Å². The van der Waals surface area contributed by atoms with E-state index < -0.39 is 0 Å². The molecule has 10 nitrogen and oxygen atoms in total. The lowest BCUT2D eigenvalue weighted by Crippen LogP contribution is -2.44. The second-order valence-electron chi connectivity index (χ2n) is 11.9. The van der Waals surface area contributed by atoms with E-state index in [0.717, 1.165) is 89.8 Å². The lowest BCUT2D eigenvalue weighted by molar-refractivity contribution is -0.127. The molecule has 11 heteroatoms. The van der Waals surface area contributed by atoms with E-state index in [1.807, 2.05) is 30.5 Å². The van der Waals surface area contributed by atoms with Gasteiger partial charge in [0.2, 0.25) is 5.91 Å². The normalized spacial score (nSPS) is 20.1. The fourth-order valence-corrected chi connectivity index (χ4v) is 7.07. The molecule has 2 N–H and O–H groups in total. The Labute approximate surface area is 250 Å². The van der Waals surface area contributed by atoms with Crippen molar-refractivity contribution in [3.63, 3.8) is 0 Å². The predicted octanol–water partition coefficient (Wildman–Crippen LogP) is 5.09. The number of nitriles is 1. The molecule has 0 unspecified atom stereocenters. The number of hydrogen-bond acceptors (Lipinski definition) is 9. The van der Waals surface area contributed by atoms with Crippen LogP contribution in [0.2, 0.25) is 0 Å². The zero-order valence-electron chi connectivity index (χ0n) is 24.4. The van der Waals surface area contributed by atoms with Crippen molar-refractivity contribution in [2.75, 3.05) is 25.5 Å². The first-order chi connectivity index (χ1) is 20.4. The van der Waals surface area contributed by atoms with Crippen LogP contribution in [0.15, 0.2) is 36.7 Å². The highest BCUT2D eigenvalue weighted by Crippen LogP contribution is 2.39. The quantitative estimate of drug-likeness (QED) is 0.308. The summed E-state index contributed by atoms with van der Waals surface area (Å²) in [6, 6.07) is 10.4. The molecule has 0 radical (unpaired) electrons. The number of rotatable bonds is 7. The molecule has 1 saturated heterocycles. The van der Waals surface area contributed by atoms with Crippen LogP contribution < -0.4 is 10.6 Å².